The lowest BCUT2D eigenvalue weighted by molar-refractivity contribution is 0.102. The van der Waals surface area contributed by atoms with E-state index in [1.807, 2.05) is 13.0 Å². The number of pyridine rings is 1. The van der Waals surface area contributed by atoms with Crippen LogP contribution >= 0.6 is 23.2 Å². The molecule has 0 fully saturated rings. The molecule has 28 heavy (non-hydrogen) atoms. The van der Waals surface area contributed by atoms with Crippen LogP contribution in [0.3, 0.4) is 0 Å². The average Bonchev–Trinajstić information content (AvgIpc) is 3.00. The third-order valence-corrected chi connectivity index (χ3v) is 4.23. The van der Waals surface area contributed by atoms with Crippen LogP contribution in [0.25, 0.3) is 5.82 Å². The third kappa shape index (κ3) is 4.82. The van der Waals surface area contributed by atoms with Gasteiger partial charge in [0.05, 0.1) is 22.3 Å². The van der Waals surface area contributed by atoms with Gasteiger partial charge in [0, 0.05) is 17.8 Å². The van der Waals surface area contributed by atoms with Crippen LogP contribution in [0.2, 0.25) is 10.0 Å². The van der Waals surface area contributed by atoms with Crippen molar-refractivity contribution in [2.45, 2.75) is 20.8 Å². The number of aromatic nitrogens is 3. The predicted molar refractivity (Wildman–Crippen MR) is 111 cm³/mol. The highest BCUT2D eigenvalue weighted by molar-refractivity contribution is 6.35. The van der Waals surface area contributed by atoms with Gasteiger partial charge in [0.25, 0.3) is 5.91 Å². The fourth-order valence-electron chi connectivity index (χ4n) is 2.49. The van der Waals surface area contributed by atoms with Crippen molar-refractivity contribution < 1.29 is 9.53 Å². The molecule has 0 aliphatic carbocycles. The predicted octanol–water partition coefficient (Wildman–Crippen LogP) is 5.17. The Morgan fingerprint density at radius 3 is 2.75 bits per heavy atom. The molecule has 1 amide bonds. The van der Waals surface area contributed by atoms with E-state index in [0.29, 0.717) is 51.2 Å². The molecule has 0 aliphatic rings. The molecule has 3 aromatic rings. The van der Waals surface area contributed by atoms with Gasteiger partial charge in [0.1, 0.15) is 11.6 Å². The molecule has 0 radical (unpaired) electrons. The quantitative estimate of drug-likeness (QED) is 0.599. The zero-order valence-electron chi connectivity index (χ0n) is 15.7. The van der Waals surface area contributed by atoms with Crippen LogP contribution in [-0.2, 0) is 0 Å². The van der Waals surface area contributed by atoms with Crippen molar-refractivity contribution in [3.8, 4) is 11.6 Å². The number of anilines is 1. The van der Waals surface area contributed by atoms with Gasteiger partial charge in [-0.3, -0.25) is 4.79 Å². The van der Waals surface area contributed by atoms with Crippen LogP contribution in [0.15, 0.2) is 42.6 Å². The van der Waals surface area contributed by atoms with Gasteiger partial charge in [0.15, 0.2) is 5.82 Å². The molecule has 0 aliphatic heterocycles. The lowest BCUT2D eigenvalue weighted by Crippen LogP contribution is -2.16. The number of amides is 1. The number of rotatable bonds is 6. The molecule has 0 unspecified atom stereocenters. The van der Waals surface area contributed by atoms with E-state index in [9.17, 15) is 4.79 Å². The van der Waals surface area contributed by atoms with E-state index in [1.165, 1.54) is 10.9 Å². The van der Waals surface area contributed by atoms with Crippen LogP contribution in [0.4, 0.5) is 5.82 Å². The number of ether oxygens (including phenoxy) is 1. The Bertz CT molecular complexity index is 1000. The summed E-state index contributed by atoms with van der Waals surface area (Å²) in [5.41, 5.74) is 1.18. The van der Waals surface area contributed by atoms with E-state index < -0.39 is 0 Å². The molecule has 3 rings (SSSR count). The molecule has 0 saturated carbocycles. The Labute approximate surface area is 173 Å². The van der Waals surface area contributed by atoms with Crippen molar-refractivity contribution in [1.29, 1.82) is 0 Å². The largest absolute Gasteiger partial charge is 0.493 e. The first-order valence-electron chi connectivity index (χ1n) is 8.76. The summed E-state index contributed by atoms with van der Waals surface area (Å²) in [5, 5.41) is 7.97. The van der Waals surface area contributed by atoms with Gasteiger partial charge in [-0.25, -0.2) is 4.98 Å². The smallest absolute Gasteiger partial charge is 0.256 e. The summed E-state index contributed by atoms with van der Waals surface area (Å²) in [6, 6.07) is 10.3. The van der Waals surface area contributed by atoms with Gasteiger partial charge in [-0.2, -0.15) is 9.78 Å². The van der Waals surface area contributed by atoms with Crippen LogP contribution in [0.1, 0.15) is 29.9 Å². The Hall–Kier alpha value is -2.57. The molecule has 1 aromatic carbocycles. The number of carbonyl (C=O) groups excluding carboxylic acids is 1. The Morgan fingerprint density at radius 1 is 1.25 bits per heavy atom. The second kappa shape index (κ2) is 8.63. The number of halogens is 2. The van der Waals surface area contributed by atoms with Crippen molar-refractivity contribution in [3.63, 3.8) is 0 Å². The van der Waals surface area contributed by atoms with Gasteiger partial charge >= 0.3 is 0 Å². The standard InChI is InChI=1S/C20H20Cl2N4O2/c1-12(2)11-28-16-6-4-5-14(8-16)20(27)24-18-7-13(3)25-26(18)19-17(22)9-15(21)10-23-19/h4-10,12H,11H2,1-3H3,(H,24,27). The van der Waals surface area contributed by atoms with Gasteiger partial charge in [-0.05, 0) is 37.1 Å². The Balaban J connectivity index is 1.84. The van der Waals surface area contributed by atoms with Gasteiger partial charge in [0.2, 0.25) is 0 Å². The summed E-state index contributed by atoms with van der Waals surface area (Å²) in [4.78, 5) is 17.0. The van der Waals surface area contributed by atoms with Crippen molar-refractivity contribution in [2.24, 2.45) is 5.92 Å². The molecule has 0 bridgehead atoms. The topological polar surface area (TPSA) is 69.0 Å². The lowest BCUT2D eigenvalue weighted by Gasteiger charge is -2.11. The zero-order chi connectivity index (χ0) is 20.3. The lowest BCUT2D eigenvalue weighted by atomic mass is 10.2. The molecule has 0 spiro atoms. The highest BCUT2D eigenvalue weighted by atomic mass is 35.5. The second-order valence-corrected chi connectivity index (χ2v) is 7.57. The number of hydrogen-bond acceptors (Lipinski definition) is 4. The second-order valence-electron chi connectivity index (χ2n) is 6.73. The highest BCUT2D eigenvalue weighted by Gasteiger charge is 2.16. The van der Waals surface area contributed by atoms with Gasteiger partial charge in [-0.1, -0.05) is 43.1 Å². The molecular formula is C20H20Cl2N4O2. The van der Waals surface area contributed by atoms with Crippen molar-refractivity contribution in [3.05, 3.63) is 63.9 Å². The first-order chi connectivity index (χ1) is 13.3. The summed E-state index contributed by atoms with van der Waals surface area (Å²) in [7, 11) is 0. The molecular weight excluding hydrogens is 399 g/mol. The molecule has 2 heterocycles. The van der Waals surface area contributed by atoms with Crippen LogP contribution in [-0.4, -0.2) is 27.3 Å². The van der Waals surface area contributed by atoms with E-state index in [4.69, 9.17) is 27.9 Å². The Kier molecular flexibility index (Phi) is 6.21. The fraction of sp³-hybridized carbons (Fsp3) is 0.250. The Morgan fingerprint density at radius 2 is 2.04 bits per heavy atom. The maximum Gasteiger partial charge on any atom is 0.256 e. The number of carbonyl (C=O) groups is 1. The highest BCUT2D eigenvalue weighted by Crippen LogP contribution is 2.25. The maximum absolute atomic E-state index is 12.8. The molecule has 1 N–H and O–H groups in total. The maximum atomic E-state index is 12.8. The number of nitrogens with zero attached hydrogens (tertiary/aromatic N) is 3. The van der Waals surface area contributed by atoms with E-state index in [1.54, 1.807) is 30.3 Å². The molecule has 2 aromatic heterocycles. The van der Waals surface area contributed by atoms with Gasteiger partial charge in [-0.15, -0.1) is 0 Å². The summed E-state index contributed by atoms with van der Waals surface area (Å²) >= 11 is 12.2. The van der Waals surface area contributed by atoms with Crippen LogP contribution in [0, 0.1) is 12.8 Å². The van der Waals surface area contributed by atoms with E-state index >= 15 is 0 Å². The van der Waals surface area contributed by atoms with E-state index in [0.717, 1.165) is 0 Å². The number of aryl methyl sites for hydroxylation is 1. The SMILES string of the molecule is Cc1cc(NC(=O)c2cccc(OCC(C)C)c2)n(-c2ncc(Cl)cc2Cl)n1. The number of hydrogen-bond donors (Lipinski definition) is 1. The molecule has 146 valence electrons. The molecule has 8 heteroatoms. The summed E-state index contributed by atoms with van der Waals surface area (Å²) in [5.74, 6) is 1.58. The van der Waals surface area contributed by atoms with Crippen molar-refractivity contribution in [1.82, 2.24) is 14.8 Å². The van der Waals surface area contributed by atoms with E-state index in [2.05, 4.69) is 29.2 Å². The van der Waals surface area contributed by atoms with Crippen molar-refractivity contribution >= 4 is 34.9 Å². The molecule has 0 atom stereocenters. The molecule has 6 nitrogen and oxygen atoms in total. The van der Waals surface area contributed by atoms with Crippen LogP contribution in [0.5, 0.6) is 5.75 Å². The zero-order valence-corrected chi connectivity index (χ0v) is 17.3. The van der Waals surface area contributed by atoms with Crippen molar-refractivity contribution in [2.75, 3.05) is 11.9 Å². The van der Waals surface area contributed by atoms with Gasteiger partial charge < -0.3 is 10.1 Å². The number of nitrogens with one attached hydrogen (secondary N) is 1. The minimum Gasteiger partial charge on any atom is -0.493 e. The monoisotopic (exact) mass is 418 g/mol. The average molecular weight is 419 g/mol. The van der Waals surface area contributed by atoms with Crippen LogP contribution < -0.4 is 10.1 Å². The first-order valence-corrected chi connectivity index (χ1v) is 9.51. The minimum absolute atomic E-state index is 0.291. The summed E-state index contributed by atoms with van der Waals surface area (Å²) in [6.07, 6.45) is 1.47. The summed E-state index contributed by atoms with van der Waals surface area (Å²) in [6.45, 7) is 6.53. The van der Waals surface area contributed by atoms with E-state index in [-0.39, 0.29) is 5.91 Å². The minimum atomic E-state index is -0.291. The third-order valence-electron chi connectivity index (χ3n) is 3.74. The molecule has 0 saturated heterocycles. The first kappa shape index (κ1) is 20.2. The summed E-state index contributed by atoms with van der Waals surface area (Å²) < 4.78 is 7.17. The number of benzene rings is 1. The fourth-order valence-corrected chi connectivity index (χ4v) is 2.95. The normalized spacial score (nSPS) is 10.9.